The van der Waals surface area contributed by atoms with E-state index in [0.717, 1.165) is 15.4 Å². The minimum atomic E-state index is -3.78. The van der Waals surface area contributed by atoms with Gasteiger partial charge in [0.15, 0.2) is 0 Å². The molecule has 3 aromatic carbocycles. The lowest BCUT2D eigenvalue weighted by Gasteiger charge is -2.14. The number of sulfonamides is 1. The molecule has 0 aliphatic carbocycles. The zero-order chi connectivity index (χ0) is 22.6. The van der Waals surface area contributed by atoms with Crippen LogP contribution in [-0.2, 0) is 16.4 Å². The van der Waals surface area contributed by atoms with E-state index in [1.807, 2.05) is 36.4 Å². The Morgan fingerprint density at radius 2 is 1.74 bits per heavy atom. The van der Waals surface area contributed by atoms with Gasteiger partial charge in [0.2, 0.25) is 10.0 Å². The standard InChI is InChI=1S/C23H23ClN2O4S/c1-26(2)31(28,29)22-15-17(9-11-20(22)24)23(27)25-19-10-12-21(30-3)18(14-19)13-16-7-5-4-6-8-16/h4-12,14-15H,13H2,1-3H3,(H,25,27). The fourth-order valence-corrected chi connectivity index (χ4v) is 4.45. The Morgan fingerprint density at radius 1 is 1.03 bits per heavy atom. The maximum atomic E-state index is 12.8. The van der Waals surface area contributed by atoms with Gasteiger partial charge >= 0.3 is 0 Å². The Labute approximate surface area is 187 Å². The topological polar surface area (TPSA) is 75.7 Å². The Hall–Kier alpha value is -2.87. The van der Waals surface area contributed by atoms with E-state index >= 15 is 0 Å². The van der Waals surface area contributed by atoms with Crippen molar-refractivity contribution in [3.05, 3.63) is 88.4 Å². The Kier molecular flexibility index (Phi) is 7.00. The lowest BCUT2D eigenvalue weighted by atomic mass is 10.0. The van der Waals surface area contributed by atoms with Crippen LogP contribution >= 0.6 is 11.6 Å². The van der Waals surface area contributed by atoms with Gasteiger partial charge in [0.05, 0.1) is 12.1 Å². The van der Waals surface area contributed by atoms with E-state index in [2.05, 4.69) is 5.32 Å². The van der Waals surface area contributed by atoms with Gasteiger partial charge in [-0.3, -0.25) is 4.79 Å². The minimum Gasteiger partial charge on any atom is -0.496 e. The maximum Gasteiger partial charge on any atom is 0.255 e. The molecule has 0 bridgehead atoms. The fourth-order valence-electron chi connectivity index (χ4n) is 3.05. The molecule has 0 fully saturated rings. The summed E-state index contributed by atoms with van der Waals surface area (Å²) in [4.78, 5) is 12.7. The van der Waals surface area contributed by atoms with Crippen molar-refractivity contribution in [3.63, 3.8) is 0 Å². The number of hydrogen-bond donors (Lipinski definition) is 1. The molecule has 6 nitrogen and oxygen atoms in total. The summed E-state index contributed by atoms with van der Waals surface area (Å²) in [6, 6.07) is 19.5. The van der Waals surface area contributed by atoms with E-state index < -0.39 is 15.9 Å². The number of benzene rings is 3. The van der Waals surface area contributed by atoms with Crippen molar-refractivity contribution in [1.82, 2.24) is 4.31 Å². The van der Waals surface area contributed by atoms with Crippen LogP contribution in [0.3, 0.4) is 0 Å². The maximum absolute atomic E-state index is 12.8. The van der Waals surface area contributed by atoms with Crippen molar-refractivity contribution in [2.24, 2.45) is 0 Å². The molecule has 3 rings (SSSR count). The summed E-state index contributed by atoms with van der Waals surface area (Å²) in [5.74, 6) is 0.274. The van der Waals surface area contributed by atoms with Crippen LogP contribution < -0.4 is 10.1 Å². The molecule has 0 aliphatic heterocycles. The number of ether oxygens (including phenoxy) is 1. The molecule has 8 heteroatoms. The second-order valence-electron chi connectivity index (χ2n) is 7.08. The third-order valence-corrected chi connectivity index (χ3v) is 7.02. The highest BCUT2D eigenvalue weighted by atomic mass is 35.5. The number of carbonyl (C=O) groups is 1. The van der Waals surface area contributed by atoms with E-state index in [9.17, 15) is 13.2 Å². The average Bonchev–Trinajstić information content (AvgIpc) is 2.74. The van der Waals surface area contributed by atoms with E-state index in [1.54, 1.807) is 19.2 Å². The van der Waals surface area contributed by atoms with E-state index in [0.29, 0.717) is 17.9 Å². The van der Waals surface area contributed by atoms with Crippen LogP contribution in [0.15, 0.2) is 71.6 Å². The number of nitrogens with one attached hydrogen (secondary N) is 1. The van der Waals surface area contributed by atoms with Crippen LogP contribution in [0.1, 0.15) is 21.5 Å². The lowest BCUT2D eigenvalue weighted by Crippen LogP contribution is -2.23. The number of anilines is 1. The monoisotopic (exact) mass is 458 g/mol. The molecule has 0 unspecified atom stereocenters. The molecule has 0 atom stereocenters. The third-order valence-electron chi connectivity index (χ3n) is 4.73. The third kappa shape index (κ3) is 5.25. The molecule has 0 saturated carbocycles. The highest BCUT2D eigenvalue weighted by molar-refractivity contribution is 7.89. The normalized spacial score (nSPS) is 11.4. The molecule has 1 amide bonds. The summed E-state index contributed by atoms with van der Waals surface area (Å²) in [7, 11) is 0.631. The zero-order valence-electron chi connectivity index (χ0n) is 17.4. The molecule has 0 aliphatic rings. The van der Waals surface area contributed by atoms with Crippen LogP contribution in [0.2, 0.25) is 5.02 Å². The molecule has 31 heavy (non-hydrogen) atoms. The van der Waals surface area contributed by atoms with Gasteiger partial charge in [0, 0.05) is 37.3 Å². The van der Waals surface area contributed by atoms with E-state index in [1.165, 1.54) is 32.3 Å². The number of methoxy groups -OCH3 is 1. The van der Waals surface area contributed by atoms with Gasteiger partial charge in [-0.2, -0.15) is 0 Å². The van der Waals surface area contributed by atoms with Gasteiger partial charge in [0.1, 0.15) is 10.6 Å². The Morgan fingerprint density at radius 3 is 2.39 bits per heavy atom. The first-order chi connectivity index (χ1) is 14.7. The SMILES string of the molecule is COc1ccc(NC(=O)c2ccc(Cl)c(S(=O)(=O)N(C)C)c2)cc1Cc1ccccc1. The van der Waals surface area contributed by atoms with Crippen LogP contribution in [0.4, 0.5) is 5.69 Å². The Bertz CT molecular complexity index is 1200. The molecule has 0 radical (unpaired) electrons. The largest absolute Gasteiger partial charge is 0.496 e. The molecule has 0 spiro atoms. The zero-order valence-corrected chi connectivity index (χ0v) is 19.0. The first kappa shape index (κ1) is 22.8. The summed E-state index contributed by atoms with van der Waals surface area (Å²) in [5.41, 5.74) is 2.79. The summed E-state index contributed by atoms with van der Waals surface area (Å²) >= 11 is 6.07. The fraction of sp³-hybridized carbons (Fsp3) is 0.174. The minimum absolute atomic E-state index is 0.0554. The molecular weight excluding hydrogens is 436 g/mol. The second kappa shape index (κ2) is 9.51. The molecular formula is C23H23ClN2O4S. The van der Waals surface area contributed by atoms with Crippen LogP contribution in [0, 0.1) is 0 Å². The highest BCUT2D eigenvalue weighted by Crippen LogP contribution is 2.27. The number of halogens is 1. The quantitative estimate of drug-likeness (QED) is 0.567. The second-order valence-corrected chi connectivity index (χ2v) is 9.60. The smallest absolute Gasteiger partial charge is 0.255 e. The van der Waals surface area contributed by atoms with Gasteiger partial charge in [0.25, 0.3) is 5.91 Å². The lowest BCUT2D eigenvalue weighted by molar-refractivity contribution is 0.102. The first-order valence-corrected chi connectivity index (χ1v) is 11.3. The van der Waals surface area contributed by atoms with Crippen molar-refractivity contribution in [3.8, 4) is 5.75 Å². The van der Waals surface area contributed by atoms with Gasteiger partial charge in [-0.15, -0.1) is 0 Å². The number of rotatable bonds is 7. The van der Waals surface area contributed by atoms with Crippen LogP contribution in [0.5, 0.6) is 5.75 Å². The predicted octanol–water partition coefficient (Wildman–Crippen LogP) is 4.44. The van der Waals surface area contributed by atoms with Crippen molar-refractivity contribution in [1.29, 1.82) is 0 Å². The van der Waals surface area contributed by atoms with Gasteiger partial charge in [-0.05, 0) is 42.0 Å². The van der Waals surface area contributed by atoms with E-state index in [4.69, 9.17) is 16.3 Å². The summed E-state index contributed by atoms with van der Waals surface area (Å²) in [6.07, 6.45) is 0.639. The molecule has 0 saturated heterocycles. The average molecular weight is 459 g/mol. The number of carbonyl (C=O) groups excluding carboxylic acids is 1. The molecule has 1 N–H and O–H groups in total. The van der Waals surface area contributed by atoms with Crippen molar-refractivity contribution in [2.45, 2.75) is 11.3 Å². The Balaban J connectivity index is 1.88. The predicted molar refractivity (Wildman–Crippen MR) is 123 cm³/mol. The summed E-state index contributed by atoms with van der Waals surface area (Å²) < 4.78 is 31.4. The first-order valence-electron chi connectivity index (χ1n) is 9.46. The van der Waals surface area contributed by atoms with Crippen molar-refractivity contribution < 1.29 is 17.9 Å². The molecule has 0 aromatic heterocycles. The van der Waals surface area contributed by atoms with Gasteiger partial charge in [-0.25, -0.2) is 12.7 Å². The number of nitrogens with zero attached hydrogens (tertiary/aromatic N) is 1. The van der Waals surface area contributed by atoms with Crippen molar-refractivity contribution >= 4 is 33.2 Å². The highest BCUT2D eigenvalue weighted by Gasteiger charge is 2.22. The van der Waals surface area contributed by atoms with Crippen LogP contribution in [0.25, 0.3) is 0 Å². The van der Waals surface area contributed by atoms with Crippen molar-refractivity contribution in [2.75, 3.05) is 26.5 Å². The van der Waals surface area contributed by atoms with E-state index in [-0.39, 0.29) is 15.5 Å². The van der Waals surface area contributed by atoms with Crippen LogP contribution in [-0.4, -0.2) is 39.8 Å². The molecule has 0 heterocycles. The molecule has 3 aromatic rings. The number of amides is 1. The van der Waals surface area contributed by atoms with Gasteiger partial charge < -0.3 is 10.1 Å². The van der Waals surface area contributed by atoms with Gasteiger partial charge in [-0.1, -0.05) is 41.9 Å². The number of hydrogen-bond acceptors (Lipinski definition) is 4. The summed E-state index contributed by atoms with van der Waals surface area (Å²) in [5, 5.41) is 2.87. The molecule has 162 valence electrons. The summed E-state index contributed by atoms with van der Waals surface area (Å²) in [6.45, 7) is 0.